The molecule has 1 fully saturated rings. The van der Waals surface area contributed by atoms with E-state index in [1.54, 1.807) is 34.6 Å². The number of rotatable bonds is 5. The Morgan fingerprint density at radius 2 is 1.92 bits per heavy atom. The van der Waals surface area contributed by atoms with Gasteiger partial charge in [0.05, 0.1) is 43.2 Å². The van der Waals surface area contributed by atoms with Crippen LogP contribution in [0.15, 0.2) is 70.7 Å². The molecular formula is C27H20Cl2FN3O3S2. The summed E-state index contributed by atoms with van der Waals surface area (Å²) in [5.41, 5.74) is 2.09. The molecule has 4 aromatic rings. The van der Waals surface area contributed by atoms with Crippen LogP contribution in [0.1, 0.15) is 40.3 Å². The molecule has 0 radical (unpaired) electrons. The Morgan fingerprint density at radius 1 is 1.13 bits per heavy atom. The van der Waals surface area contributed by atoms with Crippen molar-refractivity contribution >= 4 is 56.2 Å². The van der Waals surface area contributed by atoms with E-state index in [-0.39, 0.29) is 33.0 Å². The first-order valence-corrected chi connectivity index (χ1v) is 15.0. The molecular weight excluding hydrogens is 568 g/mol. The first-order chi connectivity index (χ1) is 18.2. The van der Waals surface area contributed by atoms with Crippen LogP contribution in [-0.2, 0) is 16.3 Å². The molecule has 38 heavy (non-hydrogen) atoms. The van der Waals surface area contributed by atoms with Gasteiger partial charge in [-0.05, 0) is 79.8 Å². The number of benzene rings is 2. The third-order valence-electron chi connectivity index (χ3n) is 7.41. The Kier molecular flexibility index (Phi) is 6.30. The van der Waals surface area contributed by atoms with Gasteiger partial charge >= 0.3 is 0 Å². The number of hydrogen-bond donors (Lipinski definition) is 0. The van der Waals surface area contributed by atoms with Gasteiger partial charge < -0.3 is 0 Å². The van der Waals surface area contributed by atoms with Gasteiger partial charge in [0.15, 0.2) is 14.8 Å². The quantitative estimate of drug-likeness (QED) is 0.245. The van der Waals surface area contributed by atoms with Gasteiger partial charge in [-0.15, -0.1) is 11.3 Å². The van der Waals surface area contributed by atoms with Gasteiger partial charge in [0.2, 0.25) is 5.78 Å². The standard InChI is InChI=1S/C27H20Cl2FN3O3S2/c28-22-8-7-20(12-23(22)29)38(35,36)21-6-1-17-11-24-16(15-32-33(24)19-4-2-18(30)3-5-19)13-27(17,14-21)25(34)26-31-9-10-37-26/h2-5,7-12,15,21H,1,6,13-14H2/t21-,27-/m1/s1. The van der Waals surface area contributed by atoms with Crippen LogP contribution in [-0.4, -0.2) is 34.2 Å². The van der Waals surface area contributed by atoms with Crippen molar-refractivity contribution in [2.75, 3.05) is 0 Å². The number of aromatic nitrogens is 3. The van der Waals surface area contributed by atoms with Crippen molar-refractivity contribution in [1.82, 2.24) is 14.8 Å². The lowest BCUT2D eigenvalue weighted by Gasteiger charge is -2.43. The molecule has 0 spiro atoms. The highest BCUT2D eigenvalue weighted by Gasteiger charge is 2.52. The molecule has 2 aromatic heterocycles. The second kappa shape index (κ2) is 9.41. The topological polar surface area (TPSA) is 81.9 Å². The summed E-state index contributed by atoms with van der Waals surface area (Å²) in [6.45, 7) is 0. The van der Waals surface area contributed by atoms with Crippen LogP contribution in [0, 0.1) is 11.2 Å². The summed E-state index contributed by atoms with van der Waals surface area (Å²) in [5, 5.41) is 6.24. The lowest BCUT2D eigenvalue weighted by atomic mass is 9.62. The molecule has 2 heterocycles. The number of nitrogens with zero attached hydrogens (tertiary/aromatic N) is 3. The average molecular weight is 589 g/mol. The smallest absolute Gasteiger partial charge is 0.201 e. The number of carbonyl (C=O) groups is 1. The maximum absolute atomic E-state index is 14.1. The number of thiazole rings is 1. The maximum atomic E-state index is 14.1. The summed E-state index contributed by atoms with van der Waals surface area (Å²) in [6.07, 6.45) is 6.38. The van der Waals surface area contributed by atoms with Crippen molar-refractivity contribution in [3.05, 3.63) is 97.9 Å². The van der Waals surface area contributed by atoms with Gasteiger partial charge in [-0.2, -0.15) is 5.10 Å². The predicted molar refractivity (Wildman–Crippen MR) is 145 cm³/mol. The maximum Gasteiger partial charge on any atom is 0.201 e. The van der Waals surface area contributed by atoms with Gasteiger partial charge in [0.1, 0.15) is 5.82 Å². The molecule has 1 saturated carbocycles. The molecule has 2 atom stereocenters. The van der Waals surface area contributed by atoms with Crippen LogP contribution in [0.5, 0.6) is 0 Å². The van der Waals surface area contributed by atoms with E-state index in [1.165, 1.54) is 41.7 Å². The third-order valence-corrected chi connectivity index (χ3v) is 11.1. The van der Waals surface area contributed by atoms with Crippen LogP contribution in [0.4, 0.5) is 4.39 Å². The van der Waals surface area contributed by atoms with Crippen LogP contribution in [0.2, 0.25) is 10.0 Å². The number of carbonyl (C=O) groups excluding carboxylic acids is 1. The van der Waals surface area contributed by atoms with Crippen molar-refractivity contribution < 1.29 is 17.6 Å². The molecule has 2 aromatic carbocycles. The molecule has 0 unspecified atom stereocenters. The van der Waals surface area contributed by atoms with Gasteiger partial charge in [0.25, 0.3) is 0 Å². The summed E-state index contributed by atoms with van der Waals surface area (Å²) < 4.78 is 42.7. The van der Waals surface area contributed by atoms with E-state index in [2.05, 4.69) is 10.1 Å². The predicted octanol–water partition coefficient (Wildman–Crippen LogP) is 6.61. The van der Waals surface area contributed by atoms with Crippen molar-refractivity contribution in [1.29, 1.82) is 0 Å². The second-order valence-corrected chi connectivity index (χ2v) is 13.5. The van der Waals surface area contributed by atoms with E-state index in [4.69, 9.17) is 23.2 Å². The van der Waals surface area contributed by atoms with Crippen molar-refractivity contribution in [2.45, 2.75) is 35.8 Å². The van der Waals surface area contributed by atoms with Crippen molar-refractivity contribution in [2.24, 2.45) is 5.41 Å². The molecule has 2 aliphatic carbocycles. The molecule has 0 amide bonds. The van der Waals surface area contributed by atoms with E-state index < -0.39 is 20.5 Å². The first-order valence-electron chi connectivity index (χ1n) is 11.9. The minimum atomic E-state index is -3.81. The zero-order valence-corrected chi connectivity index (χ0v) is 22.9. The van der Waals surface area contributed by atoms with Crippen molar-refractivity contribution in [3.63, 3.8) is 0 Å². The van der Waals surface area contributed by atoms with E-state index in [0.29, 0.717) is 30.0 Å². The monoisotopic (exact) mass is 587 g/mol. The number of halogens is 3. The Hall–Kier alpha value is -2.85. The zero-order valence-electron chi connectivity index (χ0n) is 19.8. The Morgan fingerprint density at radius 3 is 2.63 bits per heavy atom. The minimum absolute atomic E-state index is 0.0850. The van der Waals surface area contributed by atoms with E-state index in [9.17, 15) is 17.6 Å². The summed E-state index contributed by atoms with van der Waals surface area (Å²) in [7, 11) is -3.81. The summed E-state index contributed by atoms with van der Waals surface area (Å²) in [4.78, 5) is 18.4. The fourth-order valence-corrected chi connectivity index (χ4v) is 8.40. The molecule has 194 valence electrons. The summed E-state index contributed by atoms with van der Waals surface area (Å²) in [6, 6.07) is 10.3. The van der Waals surface area contributed by atoms with Crippen molar-refractivity contribution in [3.8, 4) is 5.69 Å². The molecule has 2 aliphatic rings. The molecule has 0 saturated heterocycles. The van der Waals surface area contributed by atoms with E-state index in [0.717, 1.165) is 16.8 Å². The lowest BCUT2D eigenvalue weighted by molar-refractivity contribution is 0.0802. The fraction of sp³-hybridized carbons (Fsp3) is 0.222. The van der Waals surface area contributed by atoms with Gasteiger partial charge in [-0.25, -0.2) is 22.5 Å². The Bertz CT molecular complexity index is 1700. The Balaban J connectivity index is 1.44. The molecule has 11 heteroatoms. The average Bonchev–Trinajstić information content (AvgIpc) is 3.59. The number of fused-ring (bicyclic) bond motifs is 2. The largest absolute Gasteiger partial charge is 0.290 e. The van der Waals surface area contributed by atoms with Gasteiger partial charge in [-0.1, -0.05) is 28.8 Å². The van der Waals surface area contributed by atoms with Crippen LogP contribution >= 0.6 is 34.5 Å². The first kappa shape index (κ1) is 25.4. The van der Waals surface area contributed by atoms with Crippen LogP contribution < -0.4 is 0 Å². The highest BCUT2D eigenvalue weighted by molar-refractivity contribution is 7.92. The molecule has 0 aliphatic heterocycles. The van der Waals surface area contributed by atoms with Gasteiger partial charge in [0, 0.05) is 11.6 Å². The number of sulfone groups is 1. The highest BCUT2D eigenvalue weighted by atomic mass is 35.5. The molecule has 6 rings (SSSR count). The highest BCUT2D eigenvalue weighted by Crippen LogP contribution is 2.52. The van der Waals surface area contributed by atoms with Crippen LogP contribution in [0.25, 0.3) is 11.8 Å². The summed E-state index contributed by atoms with van der Waals surface area (Å²) in [5.74, 6) is -0.532. The molecule has 0 bridgehead atoms. The Labute approximate surface area is 232 Å². The van der Waals surface area contributed by atoms with E-state index >= 15 is 0 Å². The lowest BCUT2D eigenvalue weighted by Crippen LogP contribution is -2.45. The normalized spacial score (nSPS) is 20.9. The second-order valence-electron chi connectivity index (χ2n) is 9.52. The number of ketones is 1. The third kappa shape index (κ3) is 4.12. The summed E-state index contributed by atoms with van der Waals surface area (Å²) >= 11 is 13.4. The number of allylic oxidation sites excluding steroid dienone is 1. The van der Waals surface area contributed by atoms with E-state index in [1.807, 2.05) is 6.08 Å². The van der Waals surface area contributed by atoms with Gasteiger partial charge in [-0.3, -0.25) is 4.79 Å². The minimum Gasteiger partial charge on any atom is -0.290 e. The van der Waals surface area contributed by atoms with Crippen LogP contribution in [0.3, 0.4) is 0 Å². The fourth-order valence-electron chi connectivity index (χ4n) is 5.50. The molecule has 6 nitrogen and oxygen atoms in total. The zero-order chi connectivity index (χ0) is 26.7. The number of hydrogen-bond acceptors (Lipinski definition) is 6. The molecule has 0 N–H and O–H groups in total. The number of Topliss-reactive ketones (excluding diaryl/α,β-unsaturated/α-hetero) is 1. The SMILES string of the molecule is O=C(c1nccs1)[C@@]12Cc3cnn(-c4ccc(F)cc4)c3C=C1CC[C@@H](S(=O)(=O)c1ccc(Cl)c(Cl)c1)C2.